The molecule has 164 valence electrons. The van der Waals surface area contributed by atoms with E-state index < -0.39 is 11.8 Å². The number of H-pyrrole nitrogens is 1. The number of thioether (sulfide) groups is 1. The number of amides is 2. The number of fused-ring (bicyclic) bond motifs is 1. The van der Waals surface area contributed by atoms with Crippen LogP contribution in [-0.4, -0.2) is 28.4 Å². The Morgan fingerprint density at radius 1 is 1.19 bits per heavy atom. The van der Waals surface area contributed by atoms with Crippen LogP contribution in [0.25, 0.3) is 0 Å². The normalized spacial score (nSPS) is 15.0. The van der Waals surface area contributed by atoms with Gasteiger partial charge >= 0.3 is 0 Å². The van der Waals surface area contributed by atoms with Crippen molar-refractivity contribution in [1.82, 2.24) is 9.97 Å². The quantitative estimate of drug-likeness (QED) is 0.372. The third-order valence-corrected chi connectivity index (χ3v) is 5.84. The summed E-state index contributed by atoms with van der Waals surface area (Å²) in [6.45, 7) is -0.245. The minimum Gasteiger partial charge on any atom is -0.484 e. The molecule has 2 aromatic carbocycles. The van der Waals surface area contributed by atoms with Gasteiger partial charge in [-0.1, -0.05) is 42.1 Å². The SMILES string of the molecule is NC(=O)COc1ccc(C2CC(=O)Nc3nc(SCc4ccccc4F)[nH]c(=O)c32)cc1. The number of hydrogen-bond acceptors (Lipinski definition) is 6. The molecule has 0 aliphatic carbocycles. The minimum absolute atomic E-state index is 0.0843. The predicted molar refractivity (Wildman–Crippen MR) is 117 cm³/mol. The van der Waals surface area contributed by atoms with Crippen LogP contribution in [0.2, 0.25) is 0 Å². The van der Waals surface area contributed by atoms with Crippen LogP contribution in [0.15, 0.2) is 58.5 Å². The molecule has 1 atom stereocenters. The first kappa shape index (κ1) is 21.6. The highest BCUT2D eigenvalue weighted by molar-refractivity contribution is 7.98. The average Bonchev–Trinajstić information content (AvgIpc) is 2.76. The van der Waals surface area contributed by atoms with Crippen LogP contribution in [0, 0.1) is 5.82 Å². The highest BCUT2D eigenvalue weighted by atomic mass is 32.2. The molecule has 0 saturated carbocycles. The van der Waals surface area contributed by atoms with Crippen molar-refractivity contribution in [3.05, 3.63) is 81.4 Å². The van der Waals surface area contributed by atoms with Gasteiger partial charge < -0.3 is 20.8 Å². The molecule has 0 radical (unpaired) electrons. The van der Waals surface area contributed by atoms with Gasteiger partial charge in [0, 0.05) is 18.1 Å². The fourth-order valence-electron chi connectivity index (χ4n) is 3.42. The molecule has 1 aromatic heterocycles. The molecule has 1 unspecified atom stereocenters. The van der Waals surface area contributed by atoms with Gasteiger partial charge in [0.15, 0.2) is 11.8 Å². The Balaban J connectivity index is 1.58. The van der Waals surface area contributed by atoms with Crippen molar-refractivity contribution in [3.63, 3.8) is 0 Å². The maximum Gasteiger partial charge on any atom is 0.257 e. The largest absolute Gasteiger partial charge is 0.484 e. The first-order chi connectivity index (χ1) is 15.4. The van der Waals surface area contributed by atoms with E-state index in [1.165, 1.54) is 17.8 Å². The zero-order valence-corrected chi connectivity index (χ0v) is 17.6. The molecule has 0 bridgehead atoms. The molecule has 8 nitrogen and oxygen atoms in total. The summed E-state index contributed by atoms with van der Waals surface area (Å²) in [5.41, 5.74) is 6.27. The Morgan fingerprint density at radius 3 is 2.66 bits per heavy atom. The van der Waals surface area contributed by atoms with Gasteiger partial charge in [-0.05, 0) is 29.3 Å². The van der Waals surface area contributed by atoms with Crippen LogP contribution in [0.4, 0.5) is 10.2 Å². The Hall–Kier alpha value is -3.66. The molecule has 3 aromatic rings. The Kier molecular flexibility index (Phi) is 6.22. The summed E-state index contributed by atoms with van der Waals surface area (Å²) in [4.78, 5) is 43.2. The lowest BCUT2D eigenvalue weighted by Crippen LogP contribution is -2.31. The molecule has 1 aliphatic rings. The van der Waals surface area contributed by atoms with Gasteiger partial charge in [0.1, 0.15) is 17.4 Å². The standard InChI is InChI=1S/C22H19FN4O4S/c23-16-4-2-1-3-13(16)11-32-22-26-20-19(21(30)27-22)15(9-18(29)25-20)12-5-7-14(8-6-12)31-10-17(24)28/h1-8,15H,9-11H2,(H2,24,28)(H2,25,26,27,29,30). The van der Waals surface area contributed by atoms with Gasteiger partial charge in [0.2, 0.25) is 5.91 Å². The number of halogens is 1. The molecule has 2 amide bonds. The predicted octanol–water partition coefficient (Wildman–Crippen LogP) is 2.54. The number of nitrogens with two attached hydrogens (primary N) is 1. The van der Waals surface area contributed by atoms with Gasteiger partial charge in [0.25, 0.3) is 11.5 Å². The van der Waals surface area contributed by atoms with Crippen LogP contribution in [0.5, 0.6) is 5.75 Å². The van der Waals surface area contributed by atoms with E-state index in [9.17, 15) is 18.8 Å². The molecule has 10 heteroatoms. The van der Waals surface area contributed by atoms with E-state index in [0.29, 0.717) is 16.9 Å². The fourth-order valence-corrected chi connectivity index (χ4v) is 4.26. The fraction of sp³-hybridized carbons (Fsp3) is 0.182. The maximum atomic E-state index is 13.9. The molecule has 4 N–H and O–H groups in total. The molecular weight excluding hydrogens is 435 g/mol. The van der Waals surface area contributed by atoms with E-state index in [1.54, 1.807) is 42.5 Å². The highest BCUT2D eigenvalue weighted by Gasteiger charge is 2.31. The molecule has 0 saturated heterocycles. The van der Waals surface area contributed by atoms with Crippen molar-refractivity contribution in [2.75, 3.05) is 11.9 Å². The first-order valence-corrected chi connectivity index (χ1v) is 10.7. The first-order valence-electron chi connectivity index (χ1n) is 9.72. The number of carbonyl (C=O) groups is 2. The van der Waals surface area contributed by atoms with Gasteiger partial charge in [0.05, 0.1) is 5.56 Å². The van der Waals surface area contributed by atoms with Crippen molar-refractivity contribution in [3.8, 4) is 5.75 Å². The number of rotatable bonds is 7. The van der Waals surface area contributed by atoms with E-state index in [-0.39, 0.29) is 47.0 Å². The smallest absolute Gasteiger partial charge is 0.257 e. The summed E-state index contributed by atoms with van der Waals surface area (Å²) in [7, 11) is 0. The molecule has 0 spiro atoms. The number of aromatic nitrogens is 2. The van der Waals surface area contributed by atoms with Crippen LogP contribution >= 0.6 is 11.8 Å². The number of ether oxygens (including phenoxy) is 1. The minimum atomic E-state index is -0.590. The lowest BCUT2D eigenvalue weighted by Gasteiger charge is -2.24. The Bertz CT molecular complexity index is 1230. The zero-order chi connectivity index (χ0) is 22.7. The topological polar surface area (TPSA) is 127 Å². The third-order valence-electron chi connectivity index (χ3n) is 4.92. The van der Waals surface area contributed by atoms with Gasteiger partial charge in [-0.15, -0.1) is 0 Å². The number of benzene rings is 2. The maximum absolute atomic E-state index is 13.9. The number of anilines is 1. The van der Waals surface area contributed by atoms with Crippen LogP contribution < -0.4 is 21.3 Å². The molecule has 1 aliphatic heterocycles. The summed E-state index contributed by atoms with van der Waals surface area (Å²) < 4.78 is 19.1. The summed E-state index contributed by atoms with van der Waals surface area (Å²) in [5, 5.41) is 2.95. The van der Waals surface area contributed by atoms with Crippen molar-refractivity contribution < 1.29 is 18.7 Å². The van der Waals surface area contributed by atoms with E-state index in [4.69, 9.17) is 10.5 Å². The van der Waals surface area contributed by atoms with E-state index in [2.05, 4.69) is 15.3 Å². The van der Waals surface area contributed by atoms with Crippen LogP contribution in [0.1, 0.15) is 29.0 Å². The second kappa shape index (κ2) is 9.23. The summed E-state index contributed by atoms with van der Waals surface area (Å²) >= 11 is 1.17. The summed E-state index contributed by atoms with van der Waals surface area (Å²) in [6.07, 6.45) is 0.0843. The summed E-state index contributed by atoms with van der Waals surface area (Å²) in [6, 6.07) is 13.1. The second-order valence-corrected chi connectivity index (χ2v) is 8.11. The number of aromatic amines is 1. The van der Waals surface area contributed by atoms with Crippen LogP contribution in [0.3, 0.4) is 0 Å². The van der Waals surface area contributed by atoms with Gasteiger partial charge in [-0.2, -0.15) is 0 Å². The van der Waals surface area contributed by atoms with Gasteiger partial charge in [-0.25, -0.2) is 9.37 Å². The summed E-state index contributed by atoms with van der Waals surface area (Å²) in [5.74, 6) is -0.769. The van der Waals surface area contributed by atoms with E-state index >= 15 is 0 Å². The zero-order valence-electron chi connectivity index (χ0n) is 16.8. The van der Waals surface area contributed by atoms with Crippen molar-refractivity contribution in [2.24, 2.45) is 5.73 Å². The number of primary amides is 1. The number of carbonyl (C=O) groups excluding carboxylic acids is 2. The number of nitrogens with one attached hydrogen (secondary N) is 2. The third kappa shape index (κ3) is 4.80. The molecule has 2 heterocycles. The van der Waals surface area contributed by atoms with Gasteiger partial charge in [-0.3, -0.25) is 14.4 Å². The number of hydrogen-bond donors (Lipinski definition) is 3. The molecular formula is C22H19FN4O4S. The molecule has 0 fully saturated rings. The second-order valence-electron chi connectivity index (χ2n) is 7.14. The van der Waals surface area contributed by atoms with Crippen molar-refractivity contribution >= 4 is 29.4 Å². The molecule has 4 rings (SSSR count). The monoisotopic (exact) mass is 454 g/mol. The Morgan fingerprint density at radius 2 is 1.94 bits per heavy atom. The lowest BCUT2D eigenvalue weighted by molar-refractivity contribution is -0.120. The van der Waals surface area contributed by atoms with Crippen LogP contribution in [-0.2, 0) is 15.3 Å². The molecule has 32 heavy (non-hydrogen) atoms. The highest BCUT2D eigenvalue weighted by Crippen LogP contribution is 2.35. The van der Waals surface area contributed by atoms with E-state index in [1.807, 2.05) is 0 Å². The van der Waals surface area contributed by atoms with Crippen molar-refractivity contribution in [1.29, 1.82) is 0 Å². The lowest BCUT2D eigenvalue weighted by atomic mass is 9.87. The van der Waals surface area contributed by atoms with E-state index in [0.717, 1.165) is 5.56 Å². The number of nitrogens with zero attached hydrogens (tertiary/aromatic N) is 1. The van der Waals surface area contributed by atoms with Crippen molar-refractivity contribution in [2.45, 2.75) is 23.2 Å². The average molecular weight is 454 g/mol. The Labute approximate surface area is 186 Å².